The summed E-state index contributed by atoms with van der Waals surface area (Å²) >= 11 is 0. The third-order valence-corrected chi connectivity index (χ3v) is 4.84. The molecular formula is C18H17N3O3S. The maximum atomic E-state index is 11.6. The van der Waals surface area contributed by atoms with Gasteiger partial charge in [0, 0.05) is 36.2 Å². The lowest BCUT2D eigenvalue weighted by molar-refractivity contribution is 0.582. The van der Waals surface area contributed by atoms with Gasteiger partial charge in [0.05, 0.1) is 16.9 Å². The van der Waals surface area contributed by atoms with Crippen LogP contribution in [0, 0.1) is 0 Å². The summed E-state index contributed by atoms with van der Waals surface area (Å²) in [6.07, 6.45) is 4.39. The van der Waals surface area contributed by atoms with E-state index in [4.69, 9.17) is 10.2 Å². The molecule has 0 aliphatic rings. The second-order valence-electron chi connectivity index (χ2n) is 5.52. The predicted molar refractivity (Wildman–Crippen MR) is 98.4 cm³/mol. The van der Waals surface area contributed by atoms with Crippen LogP contribution in [0.1, 0.15) is 5.56 Å². The Labute approximate surface area is 146 Å². The number of pyridine rings is 1. The molecule has 0 spiro atoms. The smallest absolute Gasteiger partial charge is 0.175 e. The molecule has 3 aromatic rings. The van der Waals surface area contributed by atoms with E-state index in [0.717, 1.165) is 11.1 Å². The minimum absolute atomic E-state index is 0.255. The minimum Gasteiger partial charge on any atom is -0.464 e. The summed E-state index contributed by atoms with van der Waals surface area (Å²) in [4.78, 5) is 8.70. The van der Waals surface area contributed by atoms with E-state index >= 15 is 0 Å². The molecule has 25 heavy (non-hydrogen) atoms. The van der Waals surface area contributed by atoms with Gasteiger partial charge >= 0.3 is 0 Å². The van der Waals surface area contributed by atoms with Gasteiger partial charge in [-0.1, -0.05) is 12.1 Å². The minimum atomic E-state index is -3.25. The zero-order valence-electron chi connectivity index (χ0n) is 13.8. The third-order valence-electron chi connectivity index (χ3n) is 3.71. The highest BCUT2D eigenvalue weighted by Crippen LogP contribution is 2.31. The fourth-order valence-electron chi connectivity index (χ4n) is 2.50. The maximum absolute atomic E-state index is 11.6. The van der Waals surface area contributed by atoms with Crippen LogP contribution in [0.2, 0.25) is 0 Å². The molecule has 1 aromatic carbocycles. The Kier molecular flexibility index (Phi) is 4.41. The number of sulfone groups is 1. The highest BCUT2D eigenvalue weighted by Gasteiger charge is 2.15. The average molecular weight is 355 g/mol. The molecule has 0 saturated heterocycles. The van der Waals surface area contributed by atoms with Crippen LogP contribution < -0.4 is 5.73 Å². The second kappa shape index (κ2) is 6.52. The zero-order valence-corrected chi connectivity index (χ0v) is 14.6. The Morgan fingerprint density at radius 1 is 1.20 bits per heavy atom. The molecule has 128 valence electrons. The Bertz CT molecular complexity index is 1020. The molecule has 0 aliphatic heterocycles. The van der Waals surface area contributed by atoms with Crippen LogP contribution in [-0.2, 0) is 9.84 Å². The first-order valence-electron chi connectivity index (χ1n) is 7.47. The SMILES string of the molecule is CN=Cc1c(-c2ccco2)cc(-c2ccc(S(C)(=O)=O)cc2)nc1N. The standard InChI is InChI=1S/C18H17N3O3S/c1-20-11-15-14(17-4-3-9-24-17)10-16(21-18(15)19)12-5-7-13(8-6-12)25(2,22)23/h3-11H,1-2H3,(H2,19,21). The lowest BCUT2D eigenvalue weighted by atomic mass is 10.0. The van der Waals surface area contributed by atoms with Crippen LogP contribution >= 0.6 is 0 Å². The van der Waals surface area contributed by atoms with Crippen molar-refractivity contribution < 1.29 is 12.8 Å². The molecule has 0 fully saturated rings. The Balaban J connectivity index is 2.15. The van der Waals surface area contributed by atoms with Crippen LogP contribution in [-0.4, -0.2) is 32.9 Å². The zero-order chi connectivity index (χ0) is 18.0. The largest absolute Gasteiger partial charge is 0.464 e. The lowest BCUT2D eigenvalue weighted by Crippen LogP contribution is -2.02. The van der Waals surface area contributed by atoms with Crippen molar-refractivity contribution >= 4 is 21.9 Å². The molecule has 3 rings (SSSR count). The Hall–Kier alpha value is -2.93. The molecule has 0 bridgehead atoms. The number of benzene rings is 1. The summed E-state index contributed by atoms with van der Waals surface area (Å²) in [6, 6.07) is 12.0. The number of nitrogen functional groups attached to an aromatic ring is 1. The van der Waals surface area contributed by atoms with E-state index in [1.807, 2.05) is 12.1 Å². The van der Waals surface area contributed by atoms with E-state index in [9.17, 15) is 8.42 Å². The number of aromatic nitrogens is 1. The van der Waals surface area contributed by atoms with E-state index < -0.39 is 9.84 Å². The van der Waals surface area contributed by atoms with Crippen molar-refractivity contribution in [1.29, 1.82) is 0 Å². The van der Waals surface area contributed by atoms with Crippen molar-refractivity contribution in [3.8, 4) is 22.6 Å². The fraction of sp³-hybridized carbons (Fsp3) is 0.111. The first kappa shape index (κ1) is 16.9. The quantitative estimate of drug-likeness (QED) is 0.725. The van der Waals surface area contributed by atoms with Crippen molar-refractivity contribution in [2.45, 2.75) is 4.90 Å². The van der Waals surface area contributed by atoms with Gasteiger partial charge in [0.1, 0.15) is 11.6 Å². The van der Waals surface area contributed by atoms with Crippen molar-refractivity contribution in [2.75, 3.05) is 19.0 Å². The van der Waals surface area contributed by atoms with Crippen LogP contribution in [0.15, 0.2) is 63.0 Å². The van der Waals surface area contributed by atoms with Crippen LogP contribution in [0.25, 0.3) is 22.6 Å². The van der Waals surface area contributed by atoms with Gasteiger partial charge in [0.2, 0.25) is 0 Å². The van der Waals surface area contributed by atoms with Gasteiger partial charge in [-0.15, -0.1) is 0 Å². The molecule has 2 aromatic heterocycles. The van der Waals surface area contributed by atoms with E-state index in [1.165, 1.54) is 6.26 Å². The van der Waals surface area contributed by atoms with Crippen LogP contribution in [0.5, 0.6) is 0 Å². The number of nitrogens with zero attached hydrogens (tertiary/aromatic N) is 2. The van der Waals surface area contributed by atoms with Gasteiger partial charge < -0.3 is 10.2 Å². The normalized spacial score (nSPS) is 11.9. The van der Waals surface area contributed by atoms with E-state index in [0.29, 0.717) is 22.8 Å². The summed E-state index contributed by atoms with van der Waals surface area (Å²) < 4.78 is 28.7. The maximum Gasteiger partial charge on any atom is 0.175 e. The number of rotatable bonds is 4. The molecule has 0 amide bonds. The number of hydrogen-bond acceptors (Lipinski definition) is 6. The first-order chi connectivity index (χ1) is 11.9. The van der Waals surface area contributed by atoms with Gasteiger partial charge in [-0.3, -0.25) is 4.99 Å². The highest BCUT2D eigenvalue weighted by atomic mass is 32.2. The van der Waals surface area contributed by atoms with Gasteiger partial charge in [0.25, 0.3) is 0 Å². The molecule has 7 heteroatoms. The molecule has 2 N–H and O–H groups in total. The number of nitrogens with two attached hydrogens (primary N) is 1. The molecular weight excluding hydrogens is 338 g/mol. The third kappa shape index (κ3) is 3.46. The van der Waals surface area contributed by atoms with E-state index in [1.54, 1.807) is 49.9 Å². The molecule has 6 nitrogen and oxygen atoms in total. The molecule has 0 aliphatic carbocycles. The Morgan fingerprint density at radius 3 is 2.48 bits per heavy atom. The summed E-state index contributed by atoms with van der Waals surface area (Å²) in [7, 11) is -1.59. The van der Waals surface area contributed by atoms with Crippen molar-refractivity contribution in [3.05, 3.63) is 54.3 Å². The average Bonchev–Trinajstić information content (AvgIpc) is 3.10. The molecule has 0 atom stereocenters. The molecule has 0 saturated carbocycles. The summed E-state index contributed by atoms with van der Waals surface area (Å²) in [5.41, 5.74) is 8.93. The van der Waals surface area contributed by atoms with Crippen molar-refractivity contribution in [3.63, 3.8) is 0 Å². The monoisotopic (exact) mass is 355 g/mol. The first-order valence-corrected chi connectivity index (χ1v) is 9.36. The Morgan fingerprint density at radius 2 is 1.92 bits per heavy atom. The second-order valence-corrected chi connectivity index (χ2v) is 7.53. The van der Waals surface area contributed by atoms with E-state index in [2.05, 4.69) is 9.98 Å². The molecule has 0 unspecified atom stereocenters. The van der Waals surface area contributed by atoms with E-state index in [-0.39, 0.29) is 4.90 Å². The molecule has 0 radical (unpaired) electrons. The van der Waals surface area contributed by atoms with Crippen molar-refractivity contribution in [1.82, 2.24) is 4.98 Å². The molecule has 2 heterocycles. The van der Waals surface area contributed by atoms with Crippen LogP contribution in [0.3, 0.4) is 0 Å². The number of anilines is 1. The van der Waals surface area contributed by atoms with Crippen molar-refractivity contribution in [2.24, 2.45) is 4.99 Å². The van der Waals surface area contributed by atoms with Crippen LogP contribution in [0.4, 0.5) is 5.82 Å². The summed E-state index contributed by atoms with van der Waals surface area (Å²) in [6.45, 7) is 0. The fourth-order valence-corrected chi connectivity index (χ4v) is 3.13. The number of hydrogen-bond donors (Lipinski definition) is 1. The summed E-state index contributed by atoms with van der Waals surface area (Å²) in [5.74, 6) is 0.972. The van der Waals surface area contributed by atoms with Gasteiger partial charge in [-0.2, -0.15) is 0 Å². The van der Waals surface area contributed by atoms with Gasteiger partial charge in [-0.05, 0) is 30.3 Å². The van der Waals surface area contributed by atoms with Gasteiger partial charge in [-0.25, -0.2) is 13.4 Å². The highest BCUT2D eigenvalue weighted by molar-refractivity contribution is 7.90. The number of aliphatic imine (C=N–C) groups is 1. The summed E-state index contributed by atoms with van der Waals surface area (Å²) in [5, 5.41) is 0. The predicted octanol–water partition coefficient (Wildman–Crippen LogP) is 3.04. The van der Waals surface area contributed by atoms with Gasteiger partial charge in [0.15, 0.2) is 9.84 Å². The number of furan rings is 1. The topological polar surface area (TPSA) is 98.5 Å². The lowest BCUT2D eigenvalue weighted by Gasteiger charge is -2.10.